The molecule has 1 N–H and O–H groups in total. The quantitative estimate of drug-likeness (QED) is 0.150. The molecule has 4 rings (SSSR count). The van der Waals surface area contributed by atoms with Crippen LogP contribution in [0.15, 0.2) is 64.8 Å². The van der Waals surface area contributed by atoms with Crippen LogP contribution in [-0.4, -0.2) is 15.9 Å². The molecule has 173 valence electrons. The Morgan fingerprint density at radius 2 is 1.58 bits per heavy atom. The van der Waals surface area contributed by atoms with Crippen molar-refractivity contribution in [3.63, 3.8) is 0 Å². The Kier molecular flexibility index (Phi) is 8.92. The van der Waals surface area contributed by atoms with E-state index in [9.17, 15) is 4.79 Å². The summed E-state index contributed by atoms with van der Waals surface area (Å²) in [6.07, 6.45) is 1.17. The van der Waals surface area contributed by atoms with Gasteiger partial charge in [0.25, 0.3) is 0 Å². The molecule has 4 aromatic rings. The van der Waals surface area contributed by atoms with Gasteiger partial charge < -0.3 is 9.52 Å². The van der Waals surface area contributed by atoms with Gasteiger partial charge in [0.15, 0.2) is 5.78 Å². The molecular formula is C28H28IrNO3-. The SMILES string of the molecule is CC(=O)/C=C(/C)O.Cc1[c-]c(-c2ccc3cc(-c4cc(C)cc(C)c4)oc3n2)cc(C)c1.[Ir]. The number of rotatable bonds is 3. The number of carbonyl (C=O) groups excluding carboxylic acids is 1. The first-order valence-electron chi connectivity index (χ1n) is 10.5. The van der Waals surface area contributed by atoms with E-state index in [2.05, 4.69) is 76.2 Å². The summed E-state index contributed by atoms with van der Waals surface area (Å²) in [6, 6.07) is 20.2. The molecule has 0 saturated heterocycles. The summed E-state index contributed by atoms with van der Waals surface area (Å²) in [5.74, 6) is 0.795. The number of aliphatic hydroxyl groups excluding tert-OH is 1. The summed E-state index contributed by atoms with van der Waals surface area (Å²) < 4.78 is 6.06. The Labute approximate surface area is 208 Å². The van der Waals surface area contributed by atoms with Crippen molar-refractivity contribution in [3.05, 3.63) is 88.7 Å². The van der Waals surface area contributed by atoms with Crippen molar-refractivity contribution in [1.82, 2.24) is 4.98 Å². The number of carbonyl (C=O) groups is 1. The van der Waals surface area contributed by atoms with Crippen molar-refractivity contribution < 1.29 is 34.4 Å². The third-order valence-corrected chi connectivity index (χ3v) is 4.73. The number of hydrogen-bond donors (Lipinski definition) is 1. The fourth-order valence-corrected chi connectivity index (χ4v) is 3.65. The Hall–Kier alpha value is -3.01. The minimum absolute atomic E-state index is 0. The minimum atomic E-state index is -0.125. The standard InChI is InChI=1S/C23H20NO.C5H8O2.Ir/c1-14-7-15(2)10-19(9-14)21-6-5-18-13-22(25-23(18)24-21)20-11-16(3)8-17(4)12-20;1-4(6)3-5(2)7;/h5-9,11-13H,1-4H3;3,6H,1-2H3;/q-1;;/b;4-3-;. The van der Waals surface area contributed by atoms with Crippen LogP contribution in [0.4, 0.5) is 0 Å². The van der Waals surface area contributed by atoms with E-state index in [1.165, 1.54) is 36.6 Å². The van der Waals surface area contributed by atoms with Crippen molar-refractivity contribution in [3.8, 4) is 22.6 Å². The van der Waals surface area contributed by atoms with Gasteiger partial charge in [-0.3, -0.25) is 9.78 Å². The number of allylic oxidation sites excluding steroid dienone is 2. The van der Waals surface area contributed by atoms with E-state index >= 15 is 0 Å². The number of fused-ring (bicyclic) bond motifs is 1. The molecule has 1 radical (unpaired) electrons. The summed E-state index contributed by atoms with van der Waals surface area (Å²) in [5.41, 5.74) is 8.44. The molecule has 2 aromatic carbocycles. The number of furan rings is 1. The molecule has 0 aliphatic rings. The molecule has 2 heterocycles. The average molecular weight is 619 g/mol. The normalized spacial score (nSPS) is 10.9. The molecule has 0 fully saturated rings. The Balaban J connectivity index is 0.000000423. The van der Waals surface area contributed by atoms with E-state index in [1.807, 2.05) is 6.07 Å². The Morgan fingerprint density at radius 1 is 0.939 bits per heavy atom. The van der Waals surface area contributed by atoms with Gasteiger partial charge in [-0.2, -0.15) is 0 Å². The summed E-state index contributed by atoms with van der Waals surface area (Å²) >= 11 is 0. The maximum atomic E-state index is 10.0. The van der Waals surface area contributed by atoms with Gasteiger partial charge in [-0.15, -0.1) is 34.9 Å². The van der Waals surface area contributed by atoms with E-state index in [0.29, 0.717) is 5.71 Å². The maximum Gasteiger partial charge on any atom is 0.217 e. The third kappa shape index (κ3) is 7.24. The fraction of sp³-hybridized carbons (Fsp3) is 0.214. The number of aryl methyl sites for hydroxylation is 4. The van der Waals surface area contributed by atoms with Crippen LogP contribution in [0.25, 0.3) is 33.7 Å². The van der Waals surface area contributed by atoms with E-state index in [0.717, 1.165) is 33.5 Å². The molecule has 4 nitrogen and oxygen atoms in total. The van der Waals surface area contributed by atoms with Crippen LogP contribution in [0.5, 0.6) is 0 Å². The first-order chi connectivity index (χ1) is 15.1. The van der Waals surface area contributed by atoms with Crippen LogP contribution in [0.2, 0.25) is 0 Å². The molecule has 0 saturated carbocycles. The second-order valence-corrected chi connectivity index (χ2v) is 8.23. The summed E-state index contributed by atoms with van der Waals surface area (Å²) in [6.45, 7) is 11.2. The Bertz CT molecular complexity index is 1220. The smallest absolute Gasteiger partial charge is 0.217 e. The van der Waals surface area contributed by atoms with Gasteiger partial charge in [0.2, 0.25) is 5.71 Å². The summed E-state index contributed by atoms with van der Waals surface area (Å²) in [5, 5.41) is 9.38. The molecule has 0 aliphatic carbocycles. The predicted octanol–water partition coefficient (Wildman–Crippen LogP) is 7.23. The first kappa shape index (κ1) is 26.2. The second kappa shape index (κ2) is 11.2. The van der Waals surface area contributed by atoms with Crippen LogP contribution in [-0.2, 0) is 24.9 Å². The van der Waals surface area contributed by atoms with Crippen LogP contribution in [0.1, 0.15) is 36.1 Å². The van der Waals surface area contributed by atoms with Gasteiger partial charge in [0.1, 0.15) is 5.76 Å². The van der Waals surface area contributed by atoms with Gasteiger partial charge in [-0.05, 0) is 51.6 Å². The molecule has 0 unspecified atom stereocenters. The zero-order valence-electron chi connectivity index (χ0n) is 19.7. The third-order valence-electron chi connectivity index (χ3n) is 4.73. The molecule has 0 amide bonds. The molecule has 33 heavy (non-hydrogen) atoms. The average Bonchev–Trinajstić information content (AvgIpc) is 3.09. The van der Waals surface area contributed by atoms with E-state index < -0.39 is 0 Å². The number of aliphatic hydroxyl groups is 1. The number of ketones is 1. The van der Waals surface area contributed by atoms with Gasteiger partial charge in [-0.1, -0.05) is 43.2 Å². The molecule has 2 aromatic heterocycles. The van der Waals surface area contributed by atoms with Gasteiger partial charge in [0.05, 0.1) is 5.76 Å². The van der Waals surface area contributed by atoms with Gasteiger partial charge in [-0.25, -0.2) is 0 Å². The number of nitrogens with zero attached hydrogens (tertiary/aromatic N) is 1. The predicted molar refractivity (Wildman–Crippen MR) is 130 cm³/mol. The Morgan fingerprint density at radius 3 is 2.12 bits per heavy atom. The molecule has 5 heteroatoms. The molecular weight excluding hydrogens is 591 g/mol. The van der Waals surface area contributed by atoms with Crippen LogP contribution in [0.3, 0.4) is 0 Å². The topological polar surface area (TPSA) is 63.3 Å². The first-order valence-corrected chi connectivity index (χ1v) is 10.5. The zero-order chi connectivity index (χ0) is 23.4. The minimum Gasteiger partial charge on any atom is -0.512 e. The van der Waals surface area contributed by atoms with Crippen molar-refractivity contribution in [2.24, 2.45) is 0 Å². The van der Waals surface area contributed by atoms with Crippen LogP contribution >= 0.6 is 0 Å². The number of benzene rings is 2. The zero-order valence-corrected chi connectivity index (χ0v) is 22.1. The number of hydrogen-bond acceptors (Lipinski definition) is 4. The van der Waals surface area contributed by atoms with E-state index in [1.54, 1.807) is 0 Å². The van der Waals surface area contributed by atoms with Crippen LogP contribution in [0, 0.1) is 33.8 Å². The maximum absolute atomic E-state index is 10.0. The fourth-order valence-electron chi connectivity index (χ4n) is 3.65. The van der Waals surface area contributed by atoms with Gasteiger partial charge in [0, 0.05) is 37.1 Å². The molecule has 0 atom stereocenters. The van der Waals surface area contributed by atoms with Crippen molar-refractivity contribution in [1.29, 1.82) is 0 Å². The van der Waals surface area contributed by atoms with E-state index in [-0.39, 0.29) is 31.6 Å². The second-order valence-electron chi connectivity index (χ2n) is 8.23. The molecule has 0 bridgehead atoms. The monoisotopic (exact) mass is 619 g/mol. The number of aromatic nitrogens is 1. The largest absolute Gasteiger partial charge is 0.512 e. The summed E-state index contributed by atoms with van der Waals surface area (Å²) in [7, 11) is 0. The number of pyridine rings is 1. The van der Waals surface area contributed by atoms with Crippen molar-refractivity contribution in [2.45, 2.75) is 41.5 Å². The molecule has 0 aliphatic heterocycles. The van der Waals surface area contributed by atoms with Crippen LogP contribution < -0.4 is 0 Å². The molecule has 0 spiro atoms. The van der Waals surface area contributed by atoms with E-state index in [4.69, 9.17) is 14.5 Å². The van der Waals surface area contributed by atoms with Crippen molar-refractivity contribution >= 4 is 16.9 Å². The van der Waals surface area contributed by atoms with Crippen molar-refractivity contribution in [2.75, 3.05) is 0 Å². The van der Waals surface area contributed by atoms with Gasteiger partial charge >= 0.3 is 0 Å². The summed E-state index contributed by atoms with van der Waals surface area (Å²) in [4.78, 5) is 14.7.